The van der Waals surface area contributed by atoms with Crippen molar-refractivity contribution >= 4 is 50.3 Å². The van der Waals surface area contributed by atoms with Gasteiger partial charge in [0.1, 0.15) is 10.2 Å². The quantitative estimate of drug-likeness (QED) is 0.669. The van der Waals surface area contributed by atoms with Gasteiger partial charge in [0.05, 0.1) is 16.4 Å². The smallest absolute Gasteiger partial charge is 0.165 e. The fourth-order valence-corrected chi connectivity index (χ4v) is 4.57. The van der Waals surface area contributed by atoms with Gasteiger partial charge in [0.25, 0.3) is 0 Å². The first-order valence-electron chi connectivity index (χ1n) is 7.43. The molecule has 0 aromatic carbocycles. The largest absolute Gasteiger partial charge is 0.383 e. The molecule has 1 fully saturated rings. The Morgan fingerprint density at radius 1 is 1.43 bits per heavy atom. The number of aromatic nitrogens is 3. The molecule has 1 aliphatic heterocycles. The molecular weight excluding hydrogens is 398 g/mol. The Hall–Kier alpha value is -1.15. The molecule has 1 unspecified atom stereocenters. The van der Waals surface area contributed by atoms with E-state index in [2.05, 4.69) is 26.3 Å². The highest BCUT2D eigenvalue weighted by molar-refractivity contribution is 9.10. The standard InChI is InChI=1S/C15H15BrClN5S/c16-11-12(8-2-1-4-19-6-8)21-15-10(7-20-22(15)14(11)18)9-3-5-23-13(9)17/h3,5,7-8,19H,1-2,4,6,18H2. The first-order valence-corrected chi connectivity index (χ1v) is 9.48. The van der Waals surface area contributed by atoms with Crippen LogP contribution in [0.1, 0.15) is 24.5 Å². The molecule has 0 saturated carbocycles. The number of nitrogens with zero attached hydrogens (tertiary/aromatic N) is 3. The van der Waals surface area contributed by atoms with Crippen LogP contribution in [0.25, 0.3) is 16.8 Å². The molecule has 0 aliphatic carbocycles. The Bertz CT molecular complexity index is 868. The van der Waals surface area contributed by atoms with Gasteiger partial charge in [-0.1, -0.05) is 11.6 Å². The number of halogens is 2. The molecule has 3 aromatic rings. The molecule has 8 heteroatoms. The van der Waals surface area contributed by atoms with Gasteiger partial charge in [-0.25, -0.2) is 4.98 Å². The zero-order valence-corrected chi connectivity index (χ0v) is 15.4. The van der Waals surface area contributed by atoms with Crippen LogP contribution in [0.15, 0.2) is 22.1 Å². The number of nitrogens with one attached hydrogen (secondary N) is 1. The van der Waals surface area contributed by atoms with Crippen molar-refractivity contribution in [3.05, 3.63) is 32.1 Å². The fraction of sp³-hybridized carbons (Fsp3) is 0.333. The molecule has 0 bridgehead atoms. The first-order chi connectivity index (χ1) is 11.2. The Labute approximate surface area is 151 Å². The maximum absolute atomic E-state index is 6.29. The van der Waals surface area contributed by atoms with Crippen molar-refractivity contribution in [1.29, 1.82) is 0 Å². The van der Waals surface area contributed by atoms with Gasteiger partial charge in [-0.3, -0.25) is 0 Å². The van der Waals surface area contributed by atoms with Crippen LogP contribution in [0.2, 0.25) is 4.34 Å². The molecule has 23 heavy (non-hydrogen) atoms. The highest BCUT2D eigenvalue weighted by Crippen LogP contribution is 2.38. The number of nitrogens with two attached hydrogens (primary N) is 1. The van der Waals surface area contributed by atoms with Crippen molar-refractivity contribution in [2.24, 2.45) is 0 Å². The van der Waals surface area contributed by atoms with E-state index in [-0.39, 0.29) is 0 Å². The minimum Gasteiger partial charge on any atom is -0.383 e. The zero-order valence-electron chi connectivity index (χ0n) is 12.2. The van der Waals surface area contributed by atoms with E-state index in [0.29, 0.717) is 11.7 Å². The molecule has 120 valence electrons. The van der Waals surface area contributed by atoms with E-state index in [1.165, 1.54) is 11.3 Å². The van der Waals surface area contributed by atoms with E-state index in [4.69, 9.17) is 22.3 Å². The van der Waals surface area contributed by atoms with Gasteiger partial charge in [-0.2, -0.15) is 9.61 Å². The number of hydrogen-bond acceptors (Lipinski definition) is 5. The van der Waals surface area contributed by atoms with Crippen LogP contribution in [0.4, 0.5) is 5.82 Å². The molecule has 1 aliphatic rings. The van der Waals surface area contributed by atoms with Crippen molar-refractivity contribution in [2.75, 3.05) is 18.8 Å². The van der Waals surface area contributed by atoms with Crippen LogP contribution in [0.5, 0.6) is 0 Å². The molecule has 0 spiro atoms. The average molecular weight is 413 g/mol. The van der Waals surface area contributed by atoms with Crippen molar-refractivity contribution in [1.82, 2.24) is 19.9 Å². The predicted octanol–water partition coefficient (Wildman–Crippen LogP) is 3.92. The van der Waals surface area contributed by atoms with Gasteiger partial charge in [0.15, 0.2) is 5.65 Å². The molecule has 4 rings (SSSR count). The molecule has 5 nitrogen and oxygen atoms in total. The Kier molecular flexibility index (Phi) is 4.05. The molecule has 3 N–H and O–H groups in total. The zero-order chi connectivity index (χ0) is 16.0. The summed E-state index contributed by atoms with van der Waals surface area (Å²) in [5.41, 5.74) is 9.91. The maximum atomic E-state index is 6.29. The molecular formula is C15H15BrClN5S. The monoisotopic (exact) mass is 411 g/mol. The molecule has 4 heterocycles. The van der Waals surface area contributed by atoms with Crippen LogP contribution < -0.4 is 11.1 Å². The third-order valence-corrected chi connectivity index (χ3v) is 6.22. The summed E-state index contributed by atoms with van der Waals surface area (Å²) < 4.78 is 3.25. The van der Waals surface area contributed by atoms with Gasteiger partial charge in [0, 0.05) is 23.6 Å². The minimum absolute atomic E-state index is 0.353. The fourth-order valence-electron chi connectivity index (χ4n) is 3.05. The van der Waals surface area contributed by atoms with Gasteiger partial charge < -0.3 is 11.1 Å². The van der Waals surface area contributed by atoms with Crippen molar-refractivity contribution in [2.45, 2.75) is 18.8 Å². The summed E-state index contributed by atoms with van der Waals surface area (Å²) in [7, 11) is 0. The Morgan fingerprint density at radius 2 is 2.30 bits per heavy atom. The van der Waals surface area contributed by atoms with E-state index in [1.54, 1.807) is 10.7 Å². The second-order valence-electron chi connectivity index (χ2n) is 5.64. The van der Waals surface area contributed by atoms with Crippen molar-refractivity contribution in [3.8, 4) is 11.1 Å². The lowest BCUT2D eigenvalue weighted by Gasteiger charge is -2.23. The lowest BCUT2D eigenvalue weighted by molar-refractivity contribution is 0.453. The van der Waals surface area contributed by atoms with E-state index in [9.17, 15) is 0 Å². The molecule has 3 aromatic heterocycles. The topological polar surface area (TPSA) is 68.2 Å². The number of anilines is 1. The van der Waals surface area contributed by atoms with Gasteiger partial charge in [-0.15, -0.1) is 11.3 Å². The van der Waals surface area contributed by atoms with Gasteiger partial charge in [-0.05, 0) is 46.8 Å². The SMILES string of the molecule is Nc1c(Br)c(C2CCCNC2)nc2c(-c3ccsc3Cl)cnn12. The van der Waals surface area contributed by atoms with E-state index in [1.807, 2.05) is 11.4 Å². The summed E-state index contributed by atoms with van der Waals surface area (Å²) in [5, 5.41) is 9.79. The van der Waals surface area contributed by atoms with E-state index < -0.39 is 0 Å². The number of piperidine rings is 1. The number of rotatable bonds is 2. The van der Waals surface area contributed by atoms with E-state index in [0.717, 1.165) is 57.2 Å². The number of fused-ring (bicyclic) bond motifs is 1. The second kappa shape index (κ2) is 6.05. The van der Waals surface area contributed by atoms with Crippen LogP contribution in [0, 0.1) is 0 Å². The molecule has 0 amide bonds. The third-order valence-electron chi connectivity index (χ3n) is 4.24. The van der Waals surface area contributed by atoms with Crippen molar-refractivity contribution < 1.29 is 0 Å². The summed E-state index contributed by atoms with van der Waals surface area (Å²) in [6.07, 6.45) is 4.03. The maximum Gasteiger partial charge on any atom is 0.165 e. The Balaban J connectivity index is 1.91. The summed E-state index contributed by atoms with van der Waals surface area (Å²) in [5.74, 6) is 0.930. The minimum atomic E-state index is 0.353. The lowest BCUT2D eigenvalue weighted by atomic mass is 9.96. The number of thiophene rings is 1. The second-order valence-corrected chi connectivity index (χ2v) is 7.95. The normalized spacial score (nSPS) is 18.6. The molecule has 0 radical (unpaired) electrons. The summed E-state index contributed by atoms with van der Waals surface area (Å²) in [6.45, 7) is 1.98. The van der Waals surface area contributed by atoms with Crippen molar-refractivity contribution in [3.63, 3.8) is 0 Å². The van der Waals surface area contributed by atoms with Crippen LogP contribution in [-0.2, 0) is 0 Å². The van der Waals surface area contributed by atoms with Gasteiger partial charge in [0.2, 0.25) is 0 Å². The Morgan fingerprint density at radius 3 is 3.00 bits per heavy atom. The average Bonchev–Trinajstić information content (AvgIpc) is 3.17. The summed E-state index contributed by atoms with van der Waals surface area (Å²) >= 11 is 11.4. The van der Waals surface area contributed by atoms with E-state index >= 15 is 0 Å². The summed E-state index contributed by atoms with van der Waals surface area (Å²) in [6, 6.07) is 1.99. The third kappa shape index (κ3) is 2.55. The van der Waals surface area contributed by atoms with Crippen LogP contribution in [0.3, 0.4) is 0 Å². The lowest BCUT2D eigenvalue weighted by Crippen LogP contribution is -2.29. The first kappa shape index (κ1) is 15.4. The molecule has 1 saturated heterocycles. The van der Waals surface area contributed by atoms with Crippen LogP contribution >= 0.6 is 38.9 Å². The van der Waals surface area contributed by atoms with Crippen LogP contribution in [-0.4, -0.2) is 27.7 Å². The predicted molar refractivity (Wildman–Crippen MR) is 98.3 cm³/mol. The van der Waals surface area contributed by atoms with Gasteiger partial charge >= 0.3 is 0 Å². The number of hydrogen-bond donors (Lipinski definition) is 2. The highest BCUT2D eigenvalue weighted by Gasteiger charge is 2.24. The highest BCUT2D eigenvalue weighted by atomic mass is 79.9. The molecule has 1 atom stereocenters. The summed E-state index contributed by atoms with van der Waals surface area (Å²) in [4.78, 5) is 4.90. The number of nitrogen functional groups attached to an aromatic ring is 1.